The number of amides is 3. The van der Waals surface area contributed by atoms with E-state index in [2.05, 4.69) is 20.6 Å². The third-order valence-electron chi connectivity index (χ3n) is 4.91. The van der Waals surface area contributed by atoms with Crippen LogP contribution in [0.5, 0.6) is 0 Å². The zero-order chi connectivity index (χ0) is 21.1. The second-order valence-electron chi connectivity index (χ2n) is 6.96. The number of aryl methyl sites for hydroxylation is 2. The van der Waals surface area contributed by atoms with Crippen LogP contribution in [0.1, 0.15) is 21.5 Å². The maximum absolute atomic E-state index is 12.6. The molecule has 0 bridgehead atoms. The summed E-state index contributed by atoms with van der Waals surface area (Å²) in [6, 6.07) is 18.7. The summed E-state index contributed by atoms with van der Waals surface area (Å²) in [4.78, 5) is 33.9. The summed E-state index contributed by atoms with van der Waals surface area (Å²) in [5, 5.41) is 7.11. The number of urea groups is 1. The van der Waals surface area contributed by atoms with Crippen molar-refractivity contribution < 1.29 is 9.59 Å². The minimum absolute atomic E-state index is 0.278. The highest BCUT2D eigenvalue weighted by Crippen LogP contribution is 2.30. The quantitative estimate of drug-likeness (QED) is 0.517. The Morgan fingerprint density at radius 3 is 2.27 bits per heavy atom. The van der Waals surface area contributed by atoms with Crippen LogP contribution in [0.15, 0.2) is 73.1 Å². The molecule has 0 fully saturated rings. The Hall–Kier alpha value is -4.06. The molecule has 0 aliphatic rings. The Kier molecular flexibility index (Phi) is 5.22. The number of carbonyl (C=O) groups excluding carboxylic acids is 2. The van der Waals surface area contributed by atoms with E-state index < -0.39 is 11.9 Å². The predicted molar refractivity (Wildman–Crippen MR) is 117 cm³/mol. The zero-order valence-electron chi connectivity index (χ0n) is 16.6. The van der Waals surface area contributed by atoms with Crippen molar-refractivity contribution >= 4 is 28.5 Å². The number of imide groups is 1. The maximum atomic E-state index is 12.6. The molecule has 30 heavy (non-hydrogen) atoms. The lowest BCUT2D eigenvalue weighted by atomic mass is 10.0. The number of anilines is 1. The minimum atomic E-state index is -0.662. The van der Waals surface area contributed by atoms with Crippen LogP contribution in [0.4, 0.5) is 10.6 Å². The van der Waals surface area contributed by atoms with Gasteiger partial charge in [0.15, 0.2) is 5.82 Å². The molecule has 4 aromatic rings. The van der Waals surface area contributed by atoms with Crippen LogP contribution in [-0.2, 0) is 0 Å². The molecule has 0 aliphatic heterocycles. The number of nitrogens with zero attached hydrogens (tertiary/aromatic N) is 2. The number of fused-ring (bicyclic) bond motifs is 1. The van der Waals surface area contributed by atoms with Gasteiger partial charge in [0.25, 0.3) is 5.91 Å². The van der Waals surface area contributed by atoms with Gasteiger partial charge in [-0.2, -0.15) is 0 Å². The molecule has 0 atom stereocenters. The van der Waals surface area contributed by atoms with Crippen LogP contribution < -0.4 is 10.6 Å². The Balaban J connectivity index is 1.62. The van der Waals surface area contributed by atoms with Crippen molar-refractivity contribution in [2.45, 2.75) is 13.8 Å². The monoisotopic (exact) mass is 396 g/mol. The third kappa shape index (κ3) is 3.75. The summed E-state index contributed by atoms with van der Waals surface area (Å²) in [7, 11) is 0. The summed E-state index contributed by atoms with van der Waals surface area (Å²) in [5.74, 6) is -0.181. The van der Waals surface area contributed by atoms with Crippen LogP contribution >= 0.6 is 0 Å². The van der Waals surface area contributed by atoms with Crippen LogP contribution in [0.25, 0.3) is 22.0 Å². The zero-order valence-corrected chi connectivity index (χ0v) is 16.6. The van der Waals surface area contributed by atoms with E-state index in [0.29, 0.717) is 11.3 Å². The average molecular weight is 396 g/mol. The van der Waals surface area contributed by atoms with Crippen LogP contribution in [-0.4, -0.2) is 21.9 Å². The van der Waals surface area contributed by atoms with E-state index in [9.17, 15) is 9.59 Å². The largest absolute Gasteiger partial charge is 0.327 e. The molecule has 0 radical (unpaired) electrons. The van der Waals surface area contributed by atoms with E-state index in [4.69, 9.17) is 0 Å². The van der Waals surface area contributed by atoms with E-state index in [1.807, 2.05) is 74.5 Å². The fourth-order valence-corrected chi connectivity index (χ4v) is 3.54. The number of nitrogens with one attached hydrogen (secondary N) is 2. The second-order valence-corrected chi connectivity index (χ2v) is 6.96. The van der Waals surface area contributed by atoms with Crippen LogP contribution in [0.3, 0.4) is 0 Å². The fourth-order valence-electron chi connectivity index (χ4n) is 3.54. The summed E-state index contributed by atoms with van der Waals surface area (Å²) >= 11 is 0. The van der Waals surface area contributed by atoms with Crippen LogP contribution in [0.2, 0.25) is 0 Å². The van der Waals surface area contributed by atoms with Gasteiger partial charge in [-0.05, 0) is 35.7 Å². The number of hydrogen-bond donors (Lipinski definition) is 2. The number of carbonyl (C=O) groups is 2. The van der Waals surface area contributed by atoms with E-state index in [-0.39, 0.29) is 5.82 Å². The first-order valence-electron chi connectivity index (χ1n) is 9.52. The van der Waals surface area contributed by atoms with Gasteiger partial charge in [0.1, 0.15) is 5.69 Å². The number of hydrogen-bond acceptors (Lipinski definition) is 4. The molecular formula is C24H20N4O2. The average Bonchev–Trinajstić information content (AvgIpc) is 2.73. The van der Waals surface area contributed by atoms with Gasteiger partial charge in [-0.3, -0.25) is 20.4 Å². The van der Waals surface area contributed by atoms with Gasteiger partial charge < -0.3 is 0 Å². The van der Waals surface area contributed by atoms with Gasteiger partial charge in [-0.1, -0.05) is 60.7 Å². The molecule has 0 aliphatic carbocycles. The first kappa shape index (κ1) is 19.3. The highest BCUT2D eigenvalue weighted by Gasteiger charge is 2.17. The topological polar surface area (TPSA) is 84.0 Å². The molecule has 1 aromatic heterocycles. The summed E-state index contributed by atoms with van der Waals surface area (Å²) < 4.78 is 0. The molecular weight excluding hydrogens is 376 g/mol. The molecule has 3 aromatic carbocycles. The second kappa shape index (κ2) is 8.13. The third-order valence-corrected chi connectivity index (χ3v) is 4.91. The van der Waals surface area contributed by atoms with Gasteiger partial charge in [-0.15, -0.1) is 0 Å². The molecule has 6 nitrogen and oxygen atoms in total. The number of rotatable bonds is 3. The highest BCUT2D eigenvalue weighted by atomic mass is 16.2. The maximum Gasteiger partial charge on any atom is 0.327 e. The SMILES string of the molecule is Cc1cccc(C)c1C(=O)NC(=O)Nc1nccnc1-c1cccc2ccccc12. The van der Waals surface area contributed by atoms with Crippen molar-refractivity contribution in [2.24, 2.45) is 0 Å². The van der Waals surface area contributed by atoms with Gasteiger partial charge in [0.2, 0.25) is 0 Å². The summed E-state index contributed by atoms with van der Waals surface area (Å²) in [5.41, 5.74) is 3.47. The molecule has 6 heteroatoms. The Morgan fingerprint density at radius 1 is 0.800 bits per heavy atom. The standard InChI is InChI=1S/C24H20N4O2/c1-15-7-5-8-16(2)20(15)23(29)28-24(30)27-22-21(25-13-14-26-22)19-12-6-10-17-9-3-4-11-18(17)19/h3-14H,1-2H3,(H2,26,27,28,29,30). The van der Waals surface area contributed by atoms with Gasteiger partial charge in [-0.25, -0.2) is 9.78 Å². The molecule has 0 unspecified atom stereocenters. The molecule has 3 amide bonds. The molecule has 2 N–H and O–H groups in total. The van der Waals surface area contributed by atoms with Crippen molar-refractivity contribution in [3.8, 4) is 11.3 Å². The summed E-state index contributed by atoms with van der Waals surface area (Å²) in [6.45, 7) is 3.67. The summed E-state index contributed by atoms with van der Waals surface area (Å²) in [6.07, 6.45) is 3.07. The minimum Gasteiger partial charge on any atom is -0.290 e. The van der Waals surface area contributed by atoms with E-state index in [1.54, 1.807) is 6.20 Å². The first-order chi connectivity index (χ1) is 14.5. The molecule has 0 spiro atoms. The molecule has 148 valence electrons. The fraction of sp³-hybridized carbons (Fsp3) is 0.0833. The van der Waals surface area contributed by atoms with Crippen molar-refractivity contribution in [1.82, 2.24) is 15.3 Å². The first-order valence-corrected chi connectivity index (χ1v) is 9.52. The Morgan fingerprint density at radius 2 is 1.47 bits per heavy atom. The predicted octanol–water partition coefficient (Wildman–Crippen LogP) is 4.88. The molecule has 0 saturated carbocycles. The normalized spacial score (nSPS) is 10.6. The van der Waals surface area contributed by atoms with Gasteiger partial charge in [0, 0.05) is 23.5 Å². The molecule has 1 heterocycles. The van der Waals surface area contributed by atoms with E-state index in [0.717, 1.165) is 27.5 Å². The molecule has 0 saturated heterocycles. The van der Waals surface area contributed by atoms with E-state index in [1.165, 1.54) is 6.20 Å². The lowest BCUT2D eigenvalue weighted by Gasteiger charge is -2.13. The van der Waals surface area contributed by atoms with Gasteiger partial charge >= 0.3 is 6.03 Å². The number of aromatic nitrogens is 2. The van der Waals surface area contributed by atoms with Crippen LogP contribution in [0, 0.1) is 13.8 Å². The van der Waals surface area contributed by atoms with Crippen molar-refractivity contribution in [3.63, 3.8) is 0 Å². The lowest BCUT2D eigenvalue weighted by Crippen LogP contribution is -2.35. The lowest BCUT2D eigenvalue weighted by molar-refractivity contribution is 0.0966. The number of benzene rings is 3. The highest BCUT2D eigenvalue weighted by molar-refractivity contribution is 6.10. The van der Waals surface area contributed by atoms with Crippen molar-refractivity contribution in [3.05, 3.63) is 89.7 Å². The Bertz CT molecular complexity index is 1240. The molecule has 4 rings (SSSR count). The smallest absolute Gasteiger partial charge is 0.290 e. The van der Waals surface area contributed by atoms with E-state index >= 15 is 0 Å². The Labute approximate surface area is 174 Å². The van der Waals surface area contributed by atoms with Gasteiger partial charge in [0.05, 0.1) is 0 Å². The van der Waals surface area contributed by atoms with Crippen molar-refractivity contribution in [1.29, 1.82) is 0 Å². The van der Waals surface area contributed by atoms with Crippen molar-refractivity contribution in [2.75, 3.05) is 5.32 Å².